The summed E-state index contributed by atoms with van der Waals surface area (Å²) in [6.07, 6.45) is 8.98. The van der Waals surface area contributed by atoms with Crippen LogP contribution in [0.5, 0.6) is 11.5 Å². The molecule has 4 heteroatoms. The molecule has 0 radical (unpaired) electrons. The van der Waals surface area contributed by atoms with E-state index in [0.717, 1.165) is 37.7 Å². The first kappa shape index (κ1) is 18.2. The molecule has 1 aromatic rings. The maximum absolute atomic E-state index is 12.3. The zero-order valence-corrected chi connectivity index (χ0v) is 14.3. The molecule has 0 bridgehead atoms. The molecule has 24 heavy (non-hydrogen) atoms. The van der Waals surface area contributed by atoms with Crippen LogP contribution in [-0.4, -0.2) is 11.9 Å². The number of hydrogen-bond donors (Lipinski definition) is 0. The molecule has 0 spiro atoms. The van der Waals surface area contributed by atoms with Crippen LogP contribution in [0.1, 0.15) is 51.9 Å². The lowest BCUT2D eigenvalue weighted by atomic mass is 9.80. The predicted octanol–water partition coefficient (Wildman–Crippen LogP) is 4.68. The zero-order chi connectivity index (χ0) is 17.4. The Hall–Kier alpha value is -2.10. The number of benzene rings is 1. The van der Waals surface area contributed by atoms with Gasteiger partial charge in [0.05, 0.1) is 5.92 Å². The van der Waals surface area contributed by atoms with E-state index in [0.29, 0.717) is 11.5 Å². The van der Waals surface area contributed by atoms with Crippen molar-refractivity contribution in [3.05, 3.63) is 36.9 Å². The highest BCUT2D eigenvalue weighted by molar-refractivity contribution is 5.83. The maximum atomic E-state index is 12.3. The fraction of sp³-hybridized carbons (Fsp3) is 0.500. The molecule has 0 atom stereocenters. The van der Waals surface area contributed by atoms with Gasteiger partial charge < -0.3 is 9.47 Å². The summed E-state index contributed by atoms with van der Waals surface area (Å²) in [5, 5.41) is 0. The molecule has 1 aliphatic rings. The van der Waals surface area contributed by atoms with Gasteiger partial charge in [0.2, 0.25) is 0 Å². The van der Waals surface area contributed by atoms with Gasteiger partial charge in [-0.05, 0) is 55.9 Å². The summed E-state index contributed by atoms with van der Waals surface area (Å²) >= 11 is 0. The average Bonchev–Trinajstić information content (AvgIpc) is 2.61. The minimum atomic E-state index is -0.514. The minimum Gasteiger partial charge on any atom is -0.426 e. The van der Waals surface area contributed by atoms with Gasteiger partial charge in [-0.3, -0.25) is 4.79 Å². The van der Waals surface area contributed by atoms with Gasteiger partial charge in [0.15, 0.2) is 0 Å². The third kappa shape index (κ3) is 5.52. The molecule has 0 heterocycles. The summed E-state index contributed by atoms with van der Waals surface area (Å²) in [6.45, 7) is 5.56. The SMILES string of the molecule is C=CC(=O)Oc1ccc(OC(=O)C2CCC(CCCC)CC2)cc1. The van der Waals surface area contributed by atoms with E-state index in [9.17, 15) is 9.59 Å². The Balaban J connectivity index is 1.80. The molecule has 2 rings (SSSR count). The van der Waals surface area contributed by atoms with E-state index in [1.165, 1.54) is 19.3 Å². The molecule has 0 unspecified atom stereocenters. The van der Waals surface area contributed by atoms with Gasteiger partial charge in [-0.25, -0.2) is 4.79 Å². The smallest absolute Gasteiger partial charge is 0.335 e. The van der Waals surface area contributed by atoms with Crippen LogP contribution in [-0.2, 0) is 9.59 Å². The number of rotatable bonds is 7. The zero-order valence-electron chi connectivity index (χ0n) is 14.3. The number of carbonyl (C=O) groups excluding carboxylic acids is 2. The normalized spacial score (nSPS) is 20.2. The van der Waals surface area contributed by atoms with Gasteiger partial charge in [-0.15, -0.1) is 0 Å². The standard InChI is InChI=1S/C20H26O4/c1-3-5-6-15-7-9-16(10-8-15)20(22)24-18-13-11-17(12-14-18)23-19(21)4-2/h4,11-16H,2-3,5-10H2,1H3. The van der Waals surface area contributed by atoms with E-state index in [1.54, 1.807) is 24.3 Å². The molecular weight excluding hydrogens is 304 g/mol. The lowest BCUT2D eigenvalue weighted by Gasteiger charge is -2.27. The molecule has 0 aromatic heterocycles. The molecule has 1 fully saturated rings. The Labute approximate surface area is 143 Å². The van der Waals surface area contributed by atoms with Crippen LogP contribution >= 0.6 is 0 Å². The van der Waals surface area contributed by atoms with Gasteiger partial charge in [0.25, 0.3) is 0 Å². The van der Waals surface area contributed by atoms with Crippen LogP contribution < -0.4 is 9.47 Å². The second-order valence-electron chi connectivity index (χ2n) is 6.38. The highest BCUT2D eigenvalue weighted by Crippen LogP contribution is 2.33. The Morgan fingerprint density at radius 3 is 2.21 bits per heavy atom. The van der Waals surface area contributed by atoms with Crippen molar-refractivity contribution >= 4 is 11.9 Å². The summed E-state index contributed by atoms with van der Waals surface area (Å²) in [6, 6.07) is 6.48. The first-order chi connectivity index (χ1) is 11.6. The molecule has 0 N–H and O–H groups in total. The van der Waals surface area contributed by atoms with Crippen molar-refractivity contribution < 1.29 is 19.1 Å². The van der Waals surface area contributed by atoms with E-state index in [4.69, 9.17) is 9.47 Å². The van der Waals surface area contributed by atoms with Crippen LogP contribution in [0, 0.1) is 11.8 Å². The first-order valence-electron chi connectivity index (χ1n) is 8.78. The van der Waals surface area contributed by atoms with Gasteiger partial charge in [-0.1, -0.05) is 32.8 Å². The van der Waals surface area contributed by atoms with Crippen molar-refractivity contribution in [2.45, 2.75) is 51.9 Å². The highest BCUT2D eigenvalue weighted by Gasteiger charge is 2.27. The van der Waals surface area contributed by atoms with Crippen molar-refractivity contribution in [2.75, 3.05) is 0 Å². The predicted molar refractivity (Wildman–Crippen MR) is 92.9 cm³/mol. The first-order valence-corrected chi connectivity index (χ1v) is 8.78. The third-order valence-corrected chi connectivity index (χ3v) is 4.57. The number of esters is 2. The molecule has 0 aliphatic heterocycles. The van der Waals surface area contributed by atoms with Crippen molar-refractivity contribution in [3.8, 4) is 11.5 Å². The fourth-order valence-electron chi connectivity index (χ4n) is 3.11. The van der Waals surface area contributed by atoms with E-state index in [-0.39, 0.29) is 11.9 Å². The molecule has 130 valence electrons. The number of carbonyl (C=O) groups is 2. The van der Waals surface area contributed by atoms with Crippen LogP contribution in [0.4, 0.5) is 0 Å². The lowest BCUT2D eigenvalue weighted by Crippen LogP contribution is -2.25. The fourth-order valence-corrected chi connectivity index (χ4v) is 3.11. The van der Waals surface area contributed by atoms with Gasteiger partial charge in [-0.2, -0.15) is 0 Å². The monoisotopic (exact) mass is 330 g/mol. The topological polar surface area (TPSA) is 52.6 Å². The van der Waals surface area contributed by atoms with Gasteiger partial charge >= 0.3 is 11.9 Å². The summed E-state index contributed by atoms with van der Waals surface area (Å²) < 4.78 is 10.4. The Morgan fingerprint density at radius 2 is 1.67 bits per heavy atom. The van der Waals surface area contributed by atoms with Crippen molar-refractivity contribution in [3.63, 3.8) is 0 Å². The van der Waals surface area contributed by atoms with Crippen LogP contribution in [0.2, 0.25) is 0 Å². The summed E-state index contributed by atoms with van der Waals surface area (Å²) in [7, 11) is 0. The van der Waals surface area contributed by atoms with Crippen molar-refractivity contribution in [1.82, 2.24) is 0 Å². The van der Waals surface area contributed by atoms with Crippen molar-refractivity contribution in [1.29, 1.82) is 0 Å². The molecule has 4 nitrogen and oxygen atoms in total. The summed E-state index contributed by atoms with van der Waals surface area (Å²) in [5.41, 5.74) is 0. The number of unbranched alkanes of at least 4 members (excludes halogenated alkanes) is 1. The molecule has 1 aromatic carbocycles. The molecular formula is C20H26O4. The number of hydrogen-bond acceptors (Lipinski definition) is 4. The van der Waals surface area contributed by atoms with Crippen LogP contribution in [0.3, 0.4) is 0 Å². The van der Waals surface area contributed by atoms with E-state index < -0.39 is 5.97 Å². The minimum absolute atomic E-state index is 0.00106. The molecule has 0 saturated heterocycles. The quantitative estimate of drug-likeness (QED) is 0.414. The van der Waals surface area contributed by atoms with Crippen molar-refractivity contribution in [2.24, 2.45) is 11.8 Å². The molecule has 1 saturated carbocycles. The lowest BCUT2D eigenvalue weighted by molar-refractivity contribution is -0.140. The molecule has 0 amide bonds. The van der Waals surface area contributed by atoms with E-state index >= 15 is 0 Å². The van der Waals surface area contributed by atoms with Crippen LogP contribution in [0.25, 0.3) is 0 Å². The van der Waals surface area contributed by atoms with E-state index in [1.807, 2.05) is 0 Å². The second kappa shape index (κ2) is 9.26. The summed E-state index contributed by atoms with van der Waals surface area (Å²) in [4.78, 5) is 23.4. The van der Waals surface area contributed by atoms with Crippen LogP contribution in [0.15, 0.2) is 36.9 Å². The second-order valence-corrected chi connectivity index (χ2v) is 6.38. The highest BCUT2D eigenvalue weighted by atomic mass is 16.5. The average molecular weight is 330 g/mol. The third-order valence-electron chi connectivity index (χ3n) is 4.57. The largest absolute Gasteiger partial charge is 0.426 e. The molecule has 1 aliphatic carbocycles. The maximum Gasteiger partial charge on any atom is 0.335 e. The van der Waals surface area contributed by atoms with Gasteiger partial charge in [0, 0.05) is 6.08 Å². The number of ether oxygens (including phenoxy) is 2. The van der Waals surface area contributed by atoms with Gasteiger partial charge in [0.1, 0.15) is 11.5 Å². The Bertz CT molecular complexity index is 554. The summed E-state index contributed by atoms with van der Waals surface area (Å²) in [5.74, 6) is 0.982. The Morgan fingerprint density at radius 1 is 1.08 bits per heavy atom. The Kier molecular flexibility index (Phi) is 7.04. The van der Waals surface area contributed by atoms with E-state index in [2.05, 4.69) is 13.5 Å².